The van der Waals surface area contributed by atoms with Gasteiger partial charge in [0.2, 0.25) is 0 Å². The average Bonchev–Trinajstić information content (AvgIpc) is 2.25. The van der Waals surface area contributed by atoms with Crippen LogP contribution in [0.3, 0.4) is 0 Å². The van der Waals surface area contributed by atoms with E-state index in [1.807, 2.05) is 19.1 Å². The summed E-state index contributed by atoms with van der Waals surface area (Å²) in [6.07, 6.45) is 1.07. The lowest BCUT2D eigenvalue weighted by molar-refractivity contribution is 0.318. The van der Waals surface area contributed by atoms with Crippen LogP contribution >= 0.6 is 11.8 Å². The Morgan fingerprint density at radius 3 is 2.93 bits per heavy atom. The number of nitrogens with two attached hydrogens (primary N) is 1. The zero-order valence-electron chi connectivity index (χ0n) is 8.90. The van der Waals surface area contributed by atoms with E-state index in [1.165, 1.54) is 0 Å². The fraction of sp³-hybridized carbons (Fsp3) is 0.400. The highest BCUT2D eigenvalue weighted by Gasteiger charge is 2.08. The number of aryl methyl sites for hydroxylation is 1. The molecule has 0 saturated heterocycles. The first kappa shape index (κ1) is 11.8. The van der Waals surface area contributed by atoms with Crippen molar-refractivity contribution in [2.45, 2.75) is 25.3 Å². The fourth-order valence-electron chi connectivity index (χ4n) is 1.09. The van der Waals surface area contributed by atoms with E-state index in [9.17, 15) is 0 Å². The Bertz CT molecular complexity index is 366. The third-order valence-electron chi connectivity index (χ3n) is 1.83. The van der Waals surface area contributed by atoms with Crippen LogP contribution in [0.1, 0.15) is 24.6 Å². The van der Waals surface area contributed by atoms with Crippen molar-refractivity contribution in [3.63, 3.8) is 0 Å². The summed E-state index contributed by atoms with van der Waals surface area (Å²) in [5.74, 6) is 1.09. The molecule has 82 valence electrons. The van der Waals surface area contributed by atoms with Crippen LogP contribution in [0, 0.1) is 6.92 Å². The second kappa shape index (κ2) is 5.60. The van der Waals surface area contributed by atoms with Crippen molar-refractivity contribution in [1.29, 1.82) is 0 Å². The van der Waals surface area contributed by atoms with Gasteiger partial charge in [-0.2, -0.15) is 0 Å². The first-order valence-electron chi connectivity index (χ1n) is 4.77. The van der Waals surface area contributed by atoms with Crippen LogP contribution in [-0.2, 0) is 0 Å². The van der Waals surface area contributed by atoms with Crippen LogP contribution in [0.25, 0.3) is 0 Å². The molecule has 0 radical (unpaired) electrons. The van der Waals surface area contributed by atoms with Crippen LogP contribution < -0.4 is 5.73 Å². The fourth-order valence-corrected chi connectivity index (χ4v) is 2.02. The maximum atomic E-state index is 8.63. The number of hydrogen-bond donors (Lipinski definition) is 2. The zero-order valence-corrected chi connectivity index (χ0v) is 9.71. The number of hydrogen-bond acceptors (Lipinski definition) is 4. The van der Waals surface area contributed by atoms with Gasteiger partial charge in [0.15, 0.2) is 5.84 Å². The van der Waals surface area contributed by atoms with E-state index in [0.29, 0.717) is 5.56 Å². The summed E-state index contributed by atoms with van der Waals surface area (Å²) in [4.78, 5) is 4.37. The third-order valence-corrected chi connectivity index (χ3v) is 3.02. The molecule has 5 heteroatoms. The van der Waals surface area contributed by atoms with Crippen molar-refractivity contribution < 1.29 is 5.21 Å². The van der Waals surface area contributed by atoms with E-state index in [-0.39, 0.29) is 5.84 Å². The van der Waals surface area contributed by atoms with Gasteiger partial charge in [0.05, 0.1) is 5.56 Å². The standard InChI is InChI=1S/C10H15N3OS/c1-3-6-15-10-8(9(11)13-14)5-4-7(2)12-10/h4-5,14H,3,6H2,1-2H3,(H2,11,13). The minimum absolute atomic E-state index is 0.112. The van der Waals surface area contributed by atoms with E-state index in [1.54, 1.807) is 11.8 Å². The number of aromatic nitrogens is 1. The molecule has 1 heterocycles. The van der Waals surface area contributed by atoms with E-state index in [0.717, 1.165) is 22.9 Å². The number of pyridine rings is 1. The molecular formula is C10H15N3OS. The summed E-state index contributed by atoms with van der Waals surface area (Å²) in [6, 6.07) is 3.68. The minimum atomic E-state index is 0.112. The molecule has 0 spiro atoms. The smallest absolute Gasteiger partial charge is 0.172 e. The van der Waals surface area contributed by atoms with Crippen molar-refractivity contribution in [2.24, 2.45) is 10.9 Å². The van der Waals surface area contributed by atoms with Gasteiger partial charge in [-0.1, -0.05) is 12.1 Å². The maximum absolute atomic E-state index is 8.63. The Balaban J connectivity index is 3.03. The van der Waals surface area contributed by atoms with Crippen molar-refractivity contribution in [3.8, 4) is 0 Å². The van der Waals surface area contributed by atoms with Gasteiger partial charge in [-0.15, -0.1) is 11.8 Å². The van der Waals surface area contributed by atoms with Gasteiger partial charge in [-0.05, 0) is 31.2 Å². The Morgan fingerprint density at radius 1 is 1.60 bits per heavy atom. The zero-order chi connectivity index (χ0) is 11.3. The molecule has 3 N–H and O–H groups in total. The molecule has 0 bridgehead atoms. The van der Waals surface area contributed by atoms with Crippen LogP contribution in [0.15, 0.2) is 22.3 Å². The maximum Gasteiger partial charge on any atom is 0.172 e. The second-order valence-corrected chi connectivity index (χ2v) is 4.22. The Morgan fingerprint density at radius 2 is 2.33 bits per heavy atom. The molecule has 0 aromatic carbocycles. The van der Waals surface area contributed by atoms with Crippen molar-refractivity contribution >= 4 is 17.6 Å². The third kappa shape index (κ3) is 3.13. The molecule has 0 aliphatic rings. The van der Waals surface area contributed by atoms with Crippen LogP contribution in [0.5, 0.6) is 0 Å². The summed E-state index contributed by atoms with van der Waals surface area (Å²) in [5, 5.41) is 12.5. The van der Waals surface area contributed by atoms with Gasteiger partial charge in [0.25, 0.3) is 0 Å². The Kier molecular flexibility index (Phi) is 4.42. The first-order valence-corrected chi connectivity index (χ1v) is 5.76. The van der Waals surface area contributed by atoms with Gasteiger partial charge >= 0.3 is 0 Å². The van der Waals surface area contributed by atoms with Crippen LogP contribution in [0.2, 0.25) is 0 Å². The lowest BCUT2D eigenvalue weighted by atomic mass is 10.2. The highest BCUT2D eigenvalue weighted by molar-refractivity contribution is 7.99. The highest BCUT2D eigenvalue weighted by Crippen LogP contribution is 2.21. The molecule has 15 heavy (non-hydrogen) atoms. The Hall–Kier alpha value is -1.23. The number of nitrogens with zero attached hydrogens (tertiary/aromatic N) is 2. The molecule has 0 saturated carbocycles. The van der Waals surface area contributed by atoms with Gasteiger partial charge in [0.1, 0.15) is 5.03 Å². The monoisotopic (exact) mass is 225 g/mol. The molecular weight excluding hydrogens is 210 g/mol. The summed E-state index contributed by atoms with van der Waals surface area (Å²) >= 11 is 1.62. The topological polar surface area (TPSA) is 71.5 Å². The molecule has 0 aliphatic carbocycles. The summed E-state index contributed by atoms with van der Waals surface area (Å²) in [7, 11) is 0. The van der Waals surface area contributed by atoms with Crippen LogP contribution in [-0.4, -0.2) is 21.8 Å². The number of oxime groups is 1. The van der Waals surface area contributed by atoms with Gasteiger partial charge < -0.3 is 10.9 Å². The van der Waals surface area contributed by atoms with Gasteiger partial charge in [0, 0.05) is 5.69 Å². The predicted molar refractivity (Wildman–Crippen MR) is 62.5 cm³/mol. The number of amidine groups is 1. The van der Waals surface area contributed by atoms with Gasteiger partial charge in [-0.3, -0.25) is 0 Å². The van der Waals surface area contributed by atoms with Gasteiger partial charge in [-0.25, -0.2) is 4.98 Å². The second-order valence-electron chi connectivity index (χ2n) is 3.14. The molecule has 0 fully saturated rings. The molecule has 1 rings (SSSR count). The molecule has 1 aromatic heterocycles. The molecule has 4 nitrogen and oxygen atoms in total. The summed E-state index contributed by atoms with van der Waals surface area (Å²) in [6.45, 7) is 4.03. The summed E-state index contributed by atoms with van der Waals surface area (Å²) in [5.41, 5.74) is 7.19. The first-order chi connectivity index (χ1) is 7.19. The van der Waals surface area contributed by atoms with Crippen LogP contribution in [0.4, 0.5) is 0 Å². The highest BCUT2D eigenvalue weighted by atomic mass is 32.2. The Labute approximate surface area is 93.6 Å². The molecule has 0 unspecified atom stereocenters. The summed E-state index contributed by atoms with van der Waals surface area (Å²) < 4.78 is 0. The largest absolute Gasteiger partial charge is 0.409 e. The molecule has 0 atom stereocenters. The van der Waals surface area contributed by atoms with E-state index < -0.39 is 0 Å². The van der Waals surface area contributed by atoms with Crippen molar-refractivity contribution in [3.05, 3.63) is 23.4 Å². The normalized spacial score (nSPS) is 11.7. The number of thioether (sulfide) groups is 1. The predicted octanol–water partition coefficient (Wildman–Crippen LogP) is 1.99. The van der Waals surface area contributed by atoms with E-state index in [4.69, 9.17) is 10.9 Å². The lowest BCUT2D eigenvalue weighted by Gasteiger charge is -2.07. The average molecular weight is 225 g/mol. The molecule has 0 amide bonds. The van der Waals surface area contributed by atoms with E-state index >= 15 is 0 Å². The molecule has 1 aromatic rings. The lowest BCUT2D eigenvalue weighted by Crippen LogP contribution is -2.15. The molecule has 0 aliphatic heterocycles. The van der Waals surface area contributed by atoms with E-state index in [2.05, 4.69) is 17.1 Å². The van der Waals surface area contributed by atoms with Crippen molar-refractivity contribution in [1.82, 2.24) is 4.98 Å². The van der Waals surface area contributed by atoms with Crippen molar-refractivity contribution in [2.75, 3.05) is 5.75 Å². The SMILES string of the molecule is CCCSc1nc(C)ccc1C(N)=NO. The number of rotatable bonds is 4. The minimum Gasteiger partial charge on any atom is -0.409 e. The quantitative estimate of drug-likeness (QED) is 0.270.